The number of fused-ring (bicyclic) bond motifs is 1. The van der Waals surface area contributed by atoms with Crippen molar-refractivity contribution >= 4 is 50.2 Å². The molecule has 24 heavy (non-hydrogen) atoms. The van der Waals surface area contributed by atoms with E-state index in [2.05, 4.69) is 20.9 Å². The predicted octanol–water partition coefficient (Wildman–Crippen LogP) is 5.26. The average Bonchev–Trinajstić information content (AvgIpc) is 2.55. The molecule has 2 aromatic carbocycles. The van der Waals surface area contributed by atoms with Crippen molar-refractivity contribution in [2.24, 2.45) is 0 Å². The van der Waals surface area contributed by atoms with Crippen LogP contribution in [-0.4, -0.2) is 9.55 Å². The number of thioether (sulfide) groups is 1. The molecule has 1 heterocycles. The zero-order valence-corrected chi connectivity index (χ0v) is 15.9. The van der Waals surface area contributed by atoms with Gasteiger partial charge in [0.05, 0.1) is 10.9 Å². The van der Waals surface area contributed by atoms with Crippen LogP contribution in [0, 0.1) is 5.82 Å². The van der Waals surface area contributed by atoms with Gasteiger partial charge in [-0.25, -0.2) is 9.37 Å². The molecule has 0 atom stereocenters. The lowest BCUT2D eigenvalue weighted by atomic mass is 10.2. The van der Waals surface area contributed by atoms with E-state index in [1.54, 1.807) is 16.7 Å². The van der Waals surface area contributed by atoms with Gasteiger partial charge in [0, 0.05) is 21.8 Å². The van der Waals surface area contributed by atoms with Crippen molar-refractivity contribution in [3.63, 3.8) is 0 Å². The van der Waals surface area contributed by atoms with Crippen molar-refractivity contribution in [2.45, 2.75) is 24.4 Å². The number of rotatable bonds is 4. The van der Waals surface area contributed by atoms with Crippen LogP contribution in [-0.2, 0) is 12.3 Å². The minimum absolute atomic E-state index is 0.0727. The van der Waals surface area contributed by atoms with Gasteiger partial charge in [0.2, 0.25) is 0 Å². The quantitative estimate of drug-likeness (QED) is 0.420. The highest BCUT2D eigenvalue weighted by Crippen LogP contribution is 2.27. The second-order valence-corrected chi connectivity index (χ2v) is 7.40. The molecule has 0 bridgehead atoms. The molecule has 124 valence electrons. The summed E-state index contributed by atoms with van der Waals surface area (Å²) in [5.41, 5.74) is 1.38. The number of hydrogen-bond acceptors (Lipinski definition) is 3. The highest BCUT2D eigenvalue weighted by atomic mass is 79.9. The lowest BCUT2D eigenvalue weighted by Gasteiger charge is -2.12. The first-order valence-corrected chi connectivity index (χ1v) is 9.42. The number of aromatic nitrogens is 2. The predicted molar refractivity (Wildman–Crippen MR) is 100 cm³/mol. The monoisotopic (exact) mass is 426 g/mol. The summed E-state index contributed by atoms with van der Waals surface area (Å²) in [4.78, 5) is 17.3. The van der Waals surface area contributed by atoms with E-state index in [0.717, 1.165) is 10.0 Å². The van der Waals surface area contributed by atoms with Crippen LogP contribution in [0.5, 0.6) is 0 Å². The van der Waals surface area contributed by atoms with E-state index in [0.29, 0.717) is 33.4 Å². The molecule has 0 saturated heterocycles. The van der Waals surface area contributed by atoms with E-state index in [1.807, 2.05) is 19.1 Å². The van der Waals surface area contributed by atoms with Crippen molar-refractivity contribution in [1.29, 1.82) is 0 Å². The Morgan fingerprint density at radius 1 is 1.29 bits per heavy atom. The Hall–Kier alpha value is -1.37. The number of nitrogens with zero attached hydrogens (tertiary/aromatic N) is 2. The maximum Gasteiger partial charge on any atom is 0.262 e. The van der Waals surface area contributed by atoms with Gasteiger partial charge in [-0.2, -0.15) is 0 Å². The number of hydrogen-bond donors (Lipinski definition) is 0. The second-order valence-electron chi connectivity index (χ2n) is 5.13. The van der Waals surface area contributed by atoms with Crippen LogP contribution < -0.4 is 5.56 Å². The van der Waals surface area contributed by atoms with E-state index in [1.165, 1.54) is 23.9 Å². The van der Waals surface area contributed by atoms with Gasteiger partial charge in [-0.1, -0.05) is 45.4 Å². The second kappa shape index (κ2) is 7.25. The Kier molecular flexibility index (Phi) is 5.27. The molecule has 0 amide bonds. The van der Waals surface area contributed by atoms with Crippen LogP contribution in [0.4, 0.5) is 4.39 Å². The van der Waals surface area contributed by atoms with Gasteiger partial charge in [0.15, 0.2) is 5.16 Å². The van der Waals surface area contributed by atoms with Crippen LogP contribution in [0.15, 0.2) is 50.8 Å². The van der Waals surface area contributed by atoms with Gasteiger partial charge in [-0.15, -0.1) is 0 Å². The smallest absolute Gasteiger partial charge is 0.262 e. The van der Waals surface area contributed by atoms with Crippen molar-refractivity contribution < 1.29 is 4.39 Å². The van der Waals surface area contributed by atoms with Crippen LogP contribution in [0.3, 0.4) is 0 Å². The Bertz CT molecular complexity index is 977. The van der Waals surface area contributed by atoms with Crippen LogP contribution >= 0.6 is 39.3 Å². The number of halogens is 3. The summed E-state index contributed by atoms with van der Waals surface area (Å²) in [5.74, 6) is 0.141. The third kappa shape index (κ3) is 3.50. The van der Waals surface area contributed by atoms with Gasteiger partial charge in [0.1, 0.15) is 5.82 Å². The van der Waals surface area contributed by atoms with Crippen molar-refractivity contribution in [3.8, 4) is 0 Å². The third-order valence-corrected chi connectivity index (χ3v) is 5.44. The summed E-state index contributed by atoms with van der Waals surface area (Å²) in [5, 5.41) is 1.57. The molecule has 1 aromatic heterocycles. The Labute approximate surface area is 156 Å². The molecule has 3 rings (SSSR count). The van der Waals surface area contributed by atoms with Crippen LogP contribution in [0.1, 0.15) is 12.5 Å². The van der Waals surface area contributed by atoms with E-state index < -0.39 is 0 Å². The highest BCUT2D eigenvalue weighted by molar-refractivity contribution is 9.10. The molecule has 3 aromatic rings. The largest absolute Gasteiger partial charge is 0.287 e. The zero-order valence-electron chi connectivity index (χ0n) is 12.7. The molecular formula is C17H13BrClFN2OS. The summed E-state index contributed by atoms with van der Waals surface area (Å²) in [6.07, 6.45) is 0. The molecule has 7 heteroatoms. The van der Waals surface area contributed by atoms with Crippen molar-refractivity contribution in [3.05, 3.63) is 67.6 Å². The van der Waals surface area contributed by atoms with Crippen LogP contribution in [0.2, 0.25) is 5.02 Å². The zero-order chi connectivity index (χ0) is 17.3. The Morgan fingerprint density at radius 3 is 2.79 bits per heavy atom. The fourth-order valence-electron chi connectivity index (χ4n) is 2.34. The molecular weight excluding hydrogens is 415 g/mol. The number of benzene rings is 2. The summed E-state index contributed by atoms with van der Waals surface area (Å²) < 4.78 is 15.6. The summed E-state index contributed by atoms with van der Waals surface area (Å²) in [6.45, 7) is 2.43. The summed E-state index contributed by atoms with van der Waals surface area (Å²) >= 11 is 10.9. The SMILES string of the molecule is CCn1c(SCc2ccc(F)cc2Cl)nc2ccc(Br)cc2c1=O. The van der Waals surface area contributed by atoms with Gasteiger partial charge >= 0.3 is 0 Å². The molecule has 3 nitrogen and oxygen atoms in total. The minimum atomic E-state index is -0.367. The van der Waals surface area contributed by atoms with Gasteiger partial charge < -0.3 is 0 Å². The first kappa shape index (κ1) is 17.5. The molecule has 0 radical (unpaired) electrons. The lowest BCUT2D eigenvalue weighted by Crippen LogP contribution is -2.22. The van der Waals surface area contributed by atoms with E-state index in [4.69, 9.17) is 11.6 Å². The Balaban J connectivity index is 1.99. The molecule has 0 unspecified atom stereocenters. The standard InChI is InChI=1S/C17H13BrClFN2OS/c1-2-22-16(23)13-7-11(18)4-6-15(13)21-17(22)24-9-10-3-5-12(20)8-14(10)19/h3-8H,2,9H2,1H3. The lowest BCUT2D eigenvalue weighted by molar-refractivity contribution is 0.627. The normalized spacial score (nSPS) is 11.2. The van der Waals surface area contributed by atoms with E-state index in [-0.39, 0.29) is 11.4 Å². The first-order chi connectivity index (χ1) is 11.5. The molecule has 0 spiro atoms. The maximum absolute atomic E-state index is 13.1. The van der Waals surface area contributed by atoms with E-state index >= 15 is 0 Å². The summed E-state index contributed by atoms with van der Waals surface area (Å²) in [7, 11) is 0. The summed E-state index contributed by atoms with van der Waals surface area (Å²) in [6, 6.07) is 9.77. The van der Waals surface area contributed by atoms with Gasteiger partial charge in [-0.3, -0.25) is 9.36 Å². The maximum atomic E-state index is 13.1. The minimum Gasteiger partial charge on any atom is -0.287 e. The third-order valence-electron chi connectivity index (χ3n) is 3.57. The first-order valence-electron chi connectivity index (χ1n) is 7.26. The highest BCUT2D eigenvalue weighted by Gasteiger charge is 2.12. The molecule has 0 aliphatic carbocycles. The topological polar surface area (TPSA) is 34.9 Å². The average molecular weight is 428 g/mol. The molecule has 0 fully saturated rings. The van der Waals surface area contributed by atoms with Crippen molar-refractivity contribution in [2.75, 3.05) is 0 Å². The molecule has 0 aliphatic heterocycles. The molecule has 0 aliphatic rings. The Morgan fingerprint density at radius 2 is 2.08 bits per heavy atom. The van der Waals surface area contributed by atoms with Crippen molar-refractivity contribution in [1.82, 2.24) is 9.55 Å². The molecule has 0 saturated carbocycles. The van der Waals surface area contributed by atoms with E-state index in [9.17, 15) is 9.18 Å². The fourth-order valence-corrected chi connectivity index (χ4v) is 4.08. The van der Waals surface area contributed by atoms with Gasteiger partial charge in [0.25, 0.3) is 5.56 Å². The molecule has 0 N–H and O–H groups in total. The fraction of sp³-hybridized carbons (Fsp3) is 0.176. The van der Waals surface area contributed by atoms with Gasteiger partial charge in [-0.05, 0) is 42.8 Å². The van der Waals surface area contributed by atoms with Crippen LogP contribution in [0.25, 0.3) is 10.9 Å².